The van der Waals surface area contributed by atoms with Crippen molar-refractivity contribution < 1.29 is 4.74 Å². The molecule has 0 amide bonds. The van der Waals surface area contributed by atoms with Crippen LogP contribution in [0, 0.1) is 11.8 Å². The van der Waals surface area contributed by atoms with Gasteiger partial charge in [0.25, 0.3) is 0 Å². The minimum atomic E-state index is 0.623. The lowest BCUT2D eigenvalue weighted by molar-refractivity contribution is 0.168. The first kappa shape index (κ1) is 11.4. The van der Waals surface area contributed by atoms with Crippen LogP contribution in [0.25, 0.3) is 0 Å². The number of hydrogen-bond acceptors (Lipinski definition) is 3. The van der Waals surface area contributed by atoms with Crippen molar-refractivity contribution in [3.63, 3.8) is 0 Å². The van der Waals surface area contributed by atoms with Gasteiger partial charge in [-0.3, -0.25) is 0 Å². The molecule has 1 N–H and O–H groups in total. The smallest absolute Gasteiger partial charge is 0.0510 e. The molecule has 3 atom stereocenters. The van der Waals surface area contributed by atoms with Gasteiger partial charge in [0, 0.05) is 31.7 Å². The highest BCUT2D eigenvalue weighted by molar-refractivity contribution is 4.83. The summed E-state index contributed by atoms with van der Waals surface area (Å²) in [7, 11) is 2.09. The molecule has 2 rings (SSSR count). The zero-order valence-electron chi connectivity index (χ0n) is 10.0. The van der Waals surface area contributed by atoms with E-state index in [9.17, 15) is 0 Å². The van der Waals surface area contributed by atoms with E-state index in [0.717, 1.165) is 25.0 Å². The van der Waals surface area contributed by atoms with Gasteiger partial charge >= 0.3 is 0 Å². The lowest BCUT2D eigenvalue weighted by atomic mass is 9.99. The van der Waals surface area contributed by atoms with Crippen molar-refractivity contribution in [2.24, 2.45) is 11.8 Å². The van der Waals surface area contributed by atoms with Crippen molar-refractivity contribution in [3.8, 4) is 0 Å². The van der Waals surface area contributed by atoms with E-state index in [1.165, 1.54) is 32.5 Å². The highest BCUT2D eigenvalue weighted by Crippen LogP contribution is 2.20. The van der Waals surface area contributed by atoms with Crippen molar-refractivity contribution in [1.82, 2.24) is 10.2 Å². The first-order chi connectivity index (χ1) is 7.29. The number of hydrogen-bond donors (Lipinski definition) is 1. The second kappa shape index (κ2) is 5.28. The monoisotopic (exact) mass is 212 g/mol. The number of likely N-dealkylation sites (tertiary alicyclic amines) is 1. The molecule has 0 aromatic heterocycles. The topological polar surface area (TPSA) is 24.5 Å². The van der Waals surface area contributed by atoms with Crippen molar-refractivity contribution >= 4 is 0 Å². The minimum absolute atomic E-state index is 0.623. The first-order valence-electron chi connectivity index (χ1n) is 6.27. The summed E-state index contributed by atoms with van der Waals surface area (Å²) in [4.78, 5) is 2.60. The maximum atomic E-state index is 5.47. The van der Waals surface area contributed by atoms with Crippen LogP contribution in [0.2, 0.25) is 0 Å². The van der Waals surface area contributed by atoms with Gasteiger partial charge in [-0.25, -0.2) is 0 Å². The fraction of sp³-hybridized carbons (Fsp3) is 1.00. The van der Waals surface area contributed by atoms with Crippen LogP contribution in [-0.4, -0.2) is 50.8 Å². The van der Waals surface area contributed by atoms with Gasteiger partial charge in [0.05, 0.1) is 6.61 Å². The van der Waals surface area contributed by atoms with E-state index in [4.69, 9.17) is 4.74 Å². The number of likely N-dealkylation sites (N-methyl/N-ethyl adjacent to an activating group) is 1. The fourth-order valence-electron chi connectivity index (χ4n) is 2.82. The summed E-state index contributed by atoms with van der Waals surface area (Å²) in [6.07, 6.45) is 2.60. The average Bonchev–Trinajstić information content (AvgIpc) is 2.85. The average molecular weight is 212 g/mol. The standard InChI is InChI=1S/C12H24N2O/c1-10-3-5-14(7-10)8-12(13-2)11-4-6-15-9-11/h10-13H,3-9H2,1-2H3. The lowest BCUT2D eigenvalue weighted by Crippen LogP contribution is -2.43. The molecule has 3 heteroatoms. The molecule has 2 fully saturated rings. The quantitative estimate of drug-likeness (QED) is 0.751. The summed E-state index contributed by atoms with van der Waals surface area (Å²) < 4.78 is 5.47. The Hall–Kier alpha value is -0.120. The molecule has 0 aromatic rings. The lowest BCUT2D eigenvalue weighted by Gasteiger charge is -2.27. The molecule has 0 aliphatic carbocycles. The van der Waals surface area contributed by atoms with E-state index in [1.807, 2.05) is 0 Å². The third kappa shape index (κ3) is 2.92. The summed E-state index contributed by atoms with van der Waals surface area (Å²) in [6, 6.07) is 0.623. The van der Waals surface area contributed by atoms with Crippen LogP contribution in [0.5, 0.6) is 0 Å². The molecule has 15 heavy (non-hydrogen) atoms. The number of nitrogens with zero attached hydrogens (tertiary/aromatic N) is 1. The van der Waals surface area contributed by atoms with Crippen LogP contribution < -0.4 is 5.32 Å². The maximum absolute atomic E-state index is 5.47. The van der Waals surface area contributed by atoms with Gasteiger partial charge in [0.2, 0.25) is 0 Å². The normalized spacial score (nSPS) is 34.8. The fourth-order valence-corrected chi connectivity index (χ4v) is 2.82. The Balaban J connectivity index is 1.79. The molecule has 0 bridgehead atoms. The van der Waals surface area contributed by atoms with Gasteiger partial charge in [-0.15, -0.1) is 0 Å². The number of rotatable bonds is 4. The molecular formula is C12H24N2O. The second-order valence-electron chi connectivity index (χ2n) is 5.17. The summed E-state index contributed by atoms with van der Waals surface area (Å²) >= 11 is 0. The van der Waals surface area contributed by atoms with Gasteiger partial charge in [-0.05, 0) is 32.4 Å². The van der Waals surface area contributed by atoms with Crippen LogP contribution in [0.1, 0.15) is 19.8 Å². The molecule has 2 heterocycles. The zero-order chi connectivity index (χ0) is 10.7. The maximum Gasteiger partial charge on any atom is 0.0510 e. The largest absolute Gasteiger partial charge is 0.381 e. The molecule has 88 valence electrons. The predicted molar refractivity (Wildman–Crippen MR) is 62.0 cm³/mol. The van der Waals surface area contributed by atoms with Crippen LogP contribution in [0.4, 0.5) is 0 Å². The Kier molecular flexibility index (Phi) is 4.00. The Bertz CT molecular complexity index is 192. The van der Waals surface area contributed by atoms with Gasteiger partial charge < -0.3 is 15.0 Å². The van der Waals surface area contributed by atoms with Crippen LogP contribution in [0.3, 0.4) is 0 Å². The minimum Gasteiger partial charge on any atom is -0.381 e. The Morgan fingerprint density at radius 3 is 2.87 bits per heavy atom. The van der Waals surface area contributed by atoms with E-state index < -0.39 is 0 Å². The summed E-state index contributed by atoms with van der Waals surface area (Å²) in [5, 5.41) is 3.46. The highest BCUT2D eigenvalue weighted by atomic mass is 16.5. The van der Waals surface area contributed by atoms with Gasteiger partial charge in [-0.2, -0.15) is 0 Å². The molecule has 0 radical (unpaired) electrons. The SMILES string of the molecule is CNC(CN1CCC(C)C1)C1CCOC1. The van der Waals surface area contributed by atoms with Crippen LogP contribution in [0.15, 0.2) is 0 Å². The summed E-state index contributed by atoms with van der Waals surface area (Å²) in [6.45, 7) is 8.04. The second-order valence-corrected chi connectivity index (χ2v) is 5.17. The zero-order valence-corrected chi connectivity index (χ0v) is 10.0. The van der Waals surface area contributed by atoms with Crippen molar-refractivity contribution in [1.29, 1.82) is 0 Å². The number of ether oxygens (including phenoxy) is 1. The summed E-state index contributed by atoms with van der Waals surface area (Å²) in [5.41, 5.74) is 0. The van der Waals surface area contributed by atoms with Crippen molar-refractivity contribution in [3.05, 3.63) is 0 Å². The van der Waals surface area contributed by atoms with Crippen molar-refractivity contribution in [2.45, 2.75) is 25.8 Å². The van der Waals surface area contributed by atoms with Crippen LogP contribution >= 0.6 is 0 Å². The molecule has 0 aromatic carbocycles. The van der Waals surface area contributed by atoms with Gasteiger partial charge in [0.15, 0.2) is 0 Å². The van der Waals surface area contributed by atoms with E-state index in [0.29, 0.717) is 6.04 Å². The predicted octanol–water partition coefficient (Wildman–Crippen LogP) is 0.953. The molecule has 0 spiro atoms. The molecular weight excluding hydrogens is 188 g/mol. The third-order valence-electron chi connectivity index (χ3n) is 3.87. The Morgan fingerprint density at radius 1 is 1.47 bits per heavy atom. The molecule has 2 aliphatic rings. The Morgan fingerprint density at radius 2 is 2.33 bits per heavy atom. The molecule has 2 saturated heterocycles. The molecule has 3 nitrogen and oxygen atoms in total. The molecule has 3 unspecified atom stereocenters. The molecule has 0 saturated carbocycles. The van der Waals surface area contributed by atoms with Gasteiger partial charge in [-0.1, -0.05) is 6.92 Å². The van der Waals surface area contributed by atoms with Gasteiger partial charge in [0.1, 0.15) is 0 Å². The van der Waals surface area contributed by atoms with E-state index in [1.54, 1.807) is 0 Å². The number of nitrogens with one attached hydrogen (secondary N) is 1. The van der Waals surface area contributed by atoms with E-state index in [2.05, 4.69) is 24.2 Å². The van der Waals surface area contributed by atoms with Crippen molar-refractivity contribution in [2.75, 3.05) is 39.9 Å². The first-order valence-corrected chi connectivity index (χ1v) is 6.27. The van der Waals surface area contributed by atoms with Crippen LogP contribution in [-0.2, 0) is 4.74 Å². The third-order valence-corrected chi connectivity index (χ3v) is 3.87. The van der Waals surface area contributed by atoms with E-state index >= 15 is 0 Å². The Labute approximate surface area is 93.2 Å². The summed E-state index contributed by atoms with van der Waals surface area (Å²) in [5.74, 6) is 1.62. The highest BCUT2D eigenvalue weighted by Gasteiger charge is 2.28. The molecule has 2 aliphatic heterocycles. The van der Waals surface area contributed by atoms with E-state index in [-0.39, 0.29) is 0 Å².